The summed E-state index contributed by atoms with van der Waals surface area (Å²) in [6, 6.07) is 5.33. The van der Waals surface area contributed by atoms with Gasteiger partial charge in [0.15, 0.2) is 11.5 Å². The van der Waals surface area contributed by atoms with Crippen molar-refractivity contribution in [1.29, 1.82) is 0 Å². The first kappa shape index (κ1) is 14.4. The van der Waals surface area contributed by atoms with Crippen molar-refractivity contribution in [3.63, 3.8) is 0 Å². The van der Waals surface area contributed by atoms with Crippen molar-refractivity contribution < 1.29 is 14.3 Å². The Bertz CT molecular complexity index is 552. The molecule has 0 saturated carbocycles. The van der Waals surface area contributed by atoms with E-state index in [4.69, 9.17) is 9.15 Å². The molecule has 0 radical (unpaired) electrons. The minimum atomic E-state index is 0.163. The smallest absolute Gasteiger partial charge is 0.208 e. The van der Waals surface area contributed by atoms with Gasteiger partial charge in [-0.2, -0.15) is 0 Å². The third-order valence-electron chi connectivity index (χ3n) is 2.88. The molecule has 2 aromatic rings. The number of phenolic OH excluding ortho intramolecular Hbond substituents is 1. The number of nitrogens with one attached hydrogen (secondary N) is 1. The zero-order chi connectivity index (χ0) is 14.4. The molecule has 1 aromatic heterocycles. The summed E-state index contributed by atoms with van der Waals surface area (Å²) in [5.41, 5.74) is 1.04. The third kappa shape index (κ3) is 3.74. The molecular formula is C15H20N2O3. The molecule has 0 fully saturated rings. The molecule has 5 nitrogen and oxygen atoms in total. The van der Waals surface area contributed by atoms with Crippen LogP contribution in [-0.2, 0) is 19.5 Å². The Morgan fingerprint density at radius 3 is 2.85 bits per heavy atom. The SMILES string of the molecule is CCOc1cc(CNCc2ncc(CC)o2)ccc1O. The van der Waals surface area contributed by atoms with Crippen LogP contribution in [0, 0.1) is 0 Å². The average Bonchev–Trinajstić information content (AvgIpc) is 2.90. The lowest BCUT2D eigenvalue weighted by Gasteiger charge is -2.08. The Kier molecular flexibility index (Phi) is 5.01. The maximum absolute atomic E-state index is 9.63. The van der Waals surface area contributed by atoms with Crippen LogP contribution in [0.5, 0.6) is 11.5 Å². The number of hydrogen-bond acceptors (Lipinski definition) is 5. The number of rotatable bonds is 7. The van der Waals surface area contributed by atoms with E-state index in [1.165, 1.54) is 0 Å². The molecule has 0 amide bonds. The van der Waals surface area contributed by atoms with E-state index in [0.29, 0.717) is 31.3 Å². The number of hydrogen-bond donors (Lipinski definition) is 2. The minimum Gasteiger partial charge on any atom is -0.504 e. The highest BCUT2D eigenvalue weighted by molar-refractivity contribution is 5.41. The van der Waals surface area contributed by atoms with Gasteiger partial charge < -0.3 is 19.6 Å². The number of nitrogens with zero attached hydrogens (tertiary/aromatic N) is 1. The Balaban J connectivity index is 1.88. The fraction of sp³-hybridized carbons (Fsp3) is 0.400. The van der Waals surface area contributed by atoms with E-state index in [1.807, 2.05) is 26.0 Å². The number of ether oxygens (including phenoxy) is 1. The molecule has 1 aromatic carbocycles. The maximum atomic E-state index is 9.63. The molecule has 0 bridgehead atoms. The van der Waals surface area contributed by atoms with Crippen molar-refractivity contribution in [1.82, 2.24) is 10.3 Å². The van der Waals surface area contributed by atoms with Gasteiger partial charge in [-0.05, 0) is 24.6 Å². The summed E-state index contributed by atoms with van der Waals surface area (Å²) in [6.45, 7) is 5.68. The molecule has 20 heavy (non-hydrogen) atoms. The van der Waals surface area contributed by atoms with Crippen LogP contribution < -0.4 is 10.1 Å². The molecule has 0 aliphatic rings. The van der Waals surface area contributed by atoms with E-state index in [-0.39, 0.29) is 5.75 Å². The van der Waals surface area contributed by atoms with Gasteiger partial charge in [0.2, 0.25) is 5.89 Å². The zero-order valence-electron chi connectivity index (χ0n) is 11.8. The summed E-state index contributed by atoms with van der Waals surface area (Å²) in [5, 5.41) is 12.9. The van der Waals surface area contributed by atoms with Crippen molar-refractivity contribution in [3.05, 3.63) is 41.6 Å². The first-order chi connectivity index (χ1) is 9.72. The Morgan fingerprint density at radius 2 is 2.15 bits per heavy atom. The van der Waals surface area contributed by atoms with Crippen LogP contribution in [0.1, 0.15) is 31.1 Å². The van der Waals surface area contributed by atoms with Crippen LogP contribution in [-0.4, -0.2) is 16.7 Å². The largest absolute Gasteiger partial charge is 0.504 e. The van der Waals surface area contributed by atoms with Crippen molar-refractivity contribution in [3.8, 4) is 11.5 Å². The second-order valence-electron chi connectivity index (χ2n) is 4.41. The predicted molar refractivity (Wildman–Crippen MR) is 75.7 cm³/mol. The number of aromatic hydroxyl groups is 1. The van der Waals surface area contributed by atoms with Gasteiger partial charge in [0, 0.05) is 13.0 Å². The number of aryl methyl sites for hydroxylation is 1. The Morgan fingerprint density at radius 1 is 1.30 bits per heavy atom. The molecule has 108 valence electrons. The highest BCUT2D eigenvalue weighted by Crippen LogP contribution is 2.26. The number of benzene rings is 1. The molecule has 5 heteroatoms. The molecule has 0 unspecified atom stereocenters. The monoisotopic (exact) mass is 276 g/mol. The summed E-state index contributed by atoms with van der Waals surface area (Å²) >= 11 is 0. The molecule has 2 rings (SSSR count). The van der Waals surface area contributed by atoms with Crippen molar-refractivity contribution in [2.75, 3.05) is 6.61 Å². The van der Waals surface area contributed by atoms with Gasteiger partial charge in [-0.25, -0.2) is 4.98 Å². The molecule has 0 aliphatic heterocycles. The van der Waals surface area contributed by atoms with Crippen LogP contribution in [0.25, 0.3) is 0 Å². The Labute approximate surface area is 118 Å². The predicted octanol–water partition coefficient (Wildman–Crippen LogP) is 2.63. The van der Waals surface area contributed by atoms with Crippen molar-refractivity contribution in [2.24, 2.45) is 0 Å². The van der Waals surface area contributed by atoms with Gasteiger partial charge in [-0.15, -0.1) is 0 Å². The lowest BCUT2D eigenvalue weighted by Crippen LogP contribution is -2.12. The first-order valence-electron chi connectivity index (χ1n) is 6.82. The highest BCUT2D eigenvalue weighted by Gasteiger charge is 2.05. The molecule has 2 N–H and O–H groups in total. The van der Waals surface area contributed by atoms with Crippen LogP contribution in [0.4, 0.5) is 0 Å². The molecule has 0 saturated heterocycles. The van der Waals surface area contributed by atoms with E-state index in [2.05, 4.69) is 10.3 Å². The normalized spacial score (nSPS) is 10.7. The fourth-order valence-electron chi connectivity index (χ4n) is 1.85. The maximum Gasteiger partial charge on any atom is 0.208 e. The number of aromatic nitrogens is 1. The second-order valence-corrected chi connectivity index (χ2v) is 4.41. The van der Waals surface area contributed by atoms with E-state index in [1.54, 1.807) is 12.3 Å². The van der Waals surface area contributed by atoms with E-state index < -0.39 is 0 Å². The van der Waals surface area contributed by atoms with Crippen molar-refractivity contribution in [2.45, 2.75) is 33.4 Å². The lowest BCUT2D eigenvalue weighted by atomic mass is 10.2. The molecule has 0 spiro atoms. The summed E-state index contributed by atoms with van der Waals surface area (Å²) < 4.78 is 10.9. The second kappa shape index (κ2) is 6.96. The van der Waals surface area contributed by atoms with Crippen LogP contribution in [0.3, 0.4) is 0 Å². The van der Waals surface area contributed by atoms with Gasteiger partial charge in [0.25, 0.3) is 0 Å². The molecular weight excluding hydrogens is 256 g/mol. The fourth-order valence-corrected chi connectivity index (χ4v) is 1.85. The first-order valence-corrected chi connectivity index (χ1v) is 6.82. The van der Waals surface area contributed by atoms with E-state index in [0.717, 1.165) is 17.7 Å². The van der Waals surface area contributed by atoms with E-state index >= 15 is 0 Å². The zero-order valence-corrected chi connectivity index (χ0v) is 11.8. The Hall–Kier alpha value is -2.01. The highest BCUT2D eigenvalue weighted by atomic mass is 16.5. The van der Waals surface area contributed by atoms with Gasteiger partial charge in [-0.3, -0.25) is 0 Å². The van der Waals surface area contributed by atoms with Crippen LogP contribution >= 0.6 is 0 Å². The lowest BCUT2D eigenvalue weighted by molar-refractivity contribution is 0.317. The van der Waals surface area contributed by atoms with Crippen LogP contribution in [0.15, 0.2) is 28.8 Å². The topological polar surface area (TPSA) is 67.5 Å². The number of phenols is 1. The van der Waals surface area contributed by atoms with Crippen molar-refractivity contribution >= 4 is 0 Å². The van der Waals surface area contributed by atoms with Gasteiger partial charge in [0.05, 0.1) is 19.3 Å². The number of oxazole rings is 1. The standard InChI is InChI=1S/C15H20N2O3/c1-3-12-9-17-15(20-12)10-16-8-11-5-6-13(18)14(7-11)19-4-2/h5-7,9,16,18H,3-4,8,10H2,1-2H3. The molecule has 1 heterocycles. The molecule has 0 aliphatic carbocycles. The van der Waals surface area contributed by atoms with Gasteiger partial charge >= 0.3 is 0 Å². The van der Waals surface area contributed by atoms with Gasteiger partial charge in [0.1, 0.15) is 5.76 Å². The summed E-state index contributed by atoms with van der Waals surface area (Å²) in [7, 11) is 0. The summed E-state index contributed by atoms with van der Waals surface area (Å²) in [6.07, 6.45) is 2.60. The van der Waals surface area contributed by atoms with Crippen LogP contribution in [0.2, 0.25) is 0 Å². The summed E-state index contributed by atoms with van der Waals surface area (Å²) in [4.78, 5) is 4.19. The average molecular weight is 276 g/mol. The van der Waals surface area contributed by atoms with E-state index in [9.17, 15) is 5.11 Å². The summed E-state index contributed by atoms with van der Waals surface area (Å²) in [5.74, 6) is 2.25. The molecule has 0 atom stereocenters. The van der Waals surface area contributed by atoms with Gasteiger partial charge in [-0.1, -0.05) is 13.0 Å². The minimum absolute atomic E-state index is 0.163. The quantitative estimate of drug-likeness (QED) is 0.813. The third-order valence-corrected chi connectivity index (χ3v) is 2.88.